The van der Waals surface area contributed by atoms with Crippen LogP contribution < -0.4 is 5.14 Å². The van der Waals surface area contributed by atoms with Crippen LogP contribution in [0, 0.1) is 0 Å². The summed E-state index contributed by atoms with van der Waals surface area (Å²) in [6.07, 6.45) is 0. The Balaban J connectivity index is 2.30. The van der Waals surface area contributed by atoms with Crippen molar-refractivity contribution in [3.05, 3.63) is 48.5 Å². The summed E-state index contributed by atoms with van der Waals surface area (Å²) in [5.74, 6) is 0. The van der Waals surface area contributed by atoms with Gasteiger partial charge in [-0.3, -0.25) is 0 Å². The van der Waals surface area contributed by atoms with Crippen molar-refractivity contribution in [3.63, 3.8) is 0 Å². The lowest BCUT2D eigenvalue weighted by Crippen LogP contribution is -2.22. The van der Waals surface area contributed by atoms with Gasteiger partial charge in [0.05, 0.1) is 10.8 Å². The molecule has 0 aromatic heterocycles. The molecule has 1 heterocycles. The smallest absolute Gasteiger partial charge is 0.198 e. The number of fused-ring (bicyclic) bond motifs is 2. The molecular formula is C12H10NOS2+. The lowest BCUT2D eigenvalue weighted by atomic mass is 10.3. The largest absolute Gasteiger partial charge is 0.249 e. The Morgan fingerprint density at radius 2 is 1.31 bits per heavy atom. The molecule has 0 fully saturated rings. The van der Waals surface area contributed by atoms with Gasteiger partial charge in [-0.2, -0.15) is 0 Å². The van der Waals surface area contributed by atoms with Crippen LogP contribution >= 0.6 is 0 Å². The Hall–Kier alpha value is -1.10. The van der Waals surface area contributed by atoms with E-state index in [2.05, 4.69) is 0 Å². The molecule has 0 unspecified atom stereocenters. The number of hydrogen-bond donors (Lipinski definition) is 1. The molecule has 0 spiro atoms. The van der Waals surface area contributed by atoms with E-state index in [-0.39, 0.29) is 0 Å². The van der Waals surface area contributed by atoms with E-state index in [9.17, 15) is 4.21 Å². The van der Waals surface area contributed by atoms with Crippen LogP contribution in [-0.2, 0) is 21.9 Å². The maximum atomic E-state index is 12.3. The molecular weight excluding hydrogens is 238 g/mol. The van der Waals surface area contributed by atoms with Crippen molar-refractivity contribution in [2.45, 2.75) is 19.6 Å². The van der Waals surface area contributed by atoms with E-state index in [1.165, 1.54) is 0 Å². The van der Waals surface area contributed by atoms with Crippen LogP contribution in [0.25, 0.3) is 0 Å². The zero-order valence-corrected chi connectivity index (χ0v) is 10.1. The minimum atomic E-state index is -1.08. The molecule has 0 amide bonds. The molecule has 0 aliphatic carbocycles. The fourth-order valence-corrected chi connectivity index (χ4v) is 5.20. The van der Waals surface area contributed by atoms with Gasteiger partial charge in [-0.15, -0.1) is 5.14 Å². The monoisotopic (exact) mass is 248 g/mol. The fraction of sp³-hybridized carbons (Fsp3) is 0. The lowest BCUT2D eigenvalue weighted by molar-refractivity contribution is 0.679. The van der Waals surface area contributed by atoms with Crippen LogP contribution in [0.2, 0.25) is 0 Å². The second-order valence-corrected chi connectivity index (χ2v) is 6.47. The Morgan fingerprint density at radius 3 is 1.81 bits per heavy atom. The van der Waals surface area contributed by atoms with Gasteiger partial charge in [-0.25, -0.2) is 4.21 Å². The summed E-state index contributed by atoms with van der Waals surface area (Å²) in [5.41, 5.74) is 0. The number of nitrogens with two attached hydrogens (primary N) is 1. The van der Waals surface area contributed by atoms with Gasteiger partial charge in [0, 0.05) is 0 Å². The quantitative estimate of drug-likeness (QED) is 0.725. The minimum Gasteiger partial charge on any atom is -0.249 e. The summed E-state index contributed by atoms with van der Waals surface area (Å²) in [7, 11) is -1.08. The first-order valence-electron chi connectivity index (χ1n) is 4.87. The molecule has 2 nitrogen and oxygen atoms in total. The molecule has 2 aromatic rings. The zero-order chi connectivity index (χ0) is 11.1. The predicted molar refractivity (Wildman–Crippen MR) is 65.6 cm³/mol. The van der Waals surface area contributed by atoms with Crippen molar-refractivity contribution in [1.82, 2.24) is 0 Å². The molecule has 0 saturated heterocycles. The Kier molecular flexibility index (Phi) is 2.35. The molecule has 0 saturated carbocycles. The highest BCUT2D eigenvalue weighted by molar-refractivity contribution is 7.97. The van der Waals surface area contributed by atoms with E-state index in [1.54, 1.807) is 0 Å². The van der Waals surface area contributed by atoms with Crippen LogP contribution in [0.1, 0.15) is 0 Å². The van der Waals surface area contributed by atoms with Gasteiger partial charge in [0.2, 0.25) is 0 Å². The first-order chi connectivity index (χ1) is 7.79. The molecule has 4 heteroatoms. The third-order valence-electron chi connectivity index (χ3n) is 2.57. The second kappa shape index (κ2) is 3.73. The molecule has 1 aliphatic heterocycles. The molecule has 0 atom stereocenters. The van der Waals surface area contributed by atoms with Crippen molar-refractivity contribution in [2.24, 2.45) is 5.14 Å². The fourth-order valence-electron chi connectivity index (χ4n) is 1.81. The van der Waals surface area contributed by atoms with Crippen LogP contribution in [0.3, 0.4) is 0 Å². The molecule has 3 rings (SSSR count). The van der Waals surface area contributed by atoms with Crippen molar-refractivity contribution >= 4 is 21.9 Å². The second-order valence-electron chi connectivity index (χ2n) is 3.50. The van der Waals surface area contributed by atoms with Gasteiger partial charge in [-0.1, -0.05) is 24.3 Å². The van der Waals surface area contributed by atoms with Gasteiger partial charge >= 0.3 is 0 Å². The Labute approximate surface area is 99.4 Å². The van der Waals surface area contributed by atoms with Gasteiger partial charge in [0.25, 0.3) is 0 Å². The van der Waals surface area contributed by atoms with Crippen LogP contribution in [-0.4, -0.2) is 4.21 Å². The highest BCUT2D eigenvalue weighted by Crippen LogP contribution is 2.36. The molecule has 16 heavy (non-hydrogen) atoms. The van der Waals surface area contributed by atoms with E-state index in [4.69, 9.17) is 5.14 Å². The number of benzene rings is 2. The standard InChI is InChI=1S/C12H10NOS2/c13-15-9-5-1-3-7-11(9)16(14)12-8-4-2-6-10(12)15/h1-8H,13H2/q+1. The molecule has 0 bridgehead atoms. The maximum absolute atomic E-state index is 12.3. The topological polar surface area (TPSA) is 43.1 Å². The number of rotatable bonds is 0. The predicted octanol–water partition coefficient (Wildman–Crippen LogP) is 2.08. The highest BCUT2D eigenvalue weighted by atomic mass is 32.2. The molecule has 1 aliphatic rings. The van der Waals surface area contributed by atoms with Gasteiger partial charge in [0.1, 0.15) is 20.9 Å². The van der Waals surface area contributed by atoms with E-state index in [0.29, 0.717) is 0 Å². The molecule has 2 aromatic carbocycles. The van der Waals surface area contributed by atoms with E-state index >= 15 is 0 Å². The first-order valence-corrected chi connectivity index (χ1v) is 7.31. The third-order valence-corrected chi connectivity index (χ3v) is 6.00. The van der Waals surface area contributed by atoms with Crippen LogP contribution in [0.4, 0.5) is 0 Å². The molecule has 2 N–H and O–H groups in total. The van der Waals surface area contributed by atoms with E-state index in [1.807, 2.05) is 48.5 Å². The van der Waals surface area contributed by atoms with Crippen molar-refractivity contribution < 1.29 is 4.21 Å². The first kappa shape index (κ1) is 10.1. The van der Waals surface area contributed by atoms with Crippen molar-refractivity contribution in [2.75, 3.05) is 0 Å². The highest BCUT2D eigenvalue weighted by Gasteiger charge is 2.36. The average Bonchev–Trinajstić information content (AvgIpc) is 2.36. The Morgan fingerprint density at radius 1 is 0.875 bits per heavy atom. The summed E-state index contributed by atoms with van der Waals surface area (Å²) < 4.78 is 12.3. The zero-order valence-electron chi connectivity index (χ0n) is 8.42. The average molecular weight is 248 g/mol. The van der Waals surface area contributed by atoms with E-state index < -0.39 is 21.9 Å². The van der Waals surface area contributed by atoms with Crippen LogP contribution in [0.15, 0.2) is 68.1 Å². The normalized spacial score (nSPS) is 22.3. The summed E-state index contributed by atoms with van der Waals surface area (Å²) in [6, 6.07) is 15.4. The van der Waals surface area contributed by atoms with E-state index in [0.717, 1.165) is 19.6 Å². The molecule has 0 radical (unpaired) electrons. The maximum Gasteiger partial charge on any atom is 0.198 e. The minimum absolute atomic E-state index is 0.454. The molecule has 80 valence electrons. The van der Waals surface area contributed by atoms with Gasteiger partial charge in [0.15, 0.2) is 9.79 Å². The summed E-state index contributed by atoms with van der Waals surface area (Å²) in [6.45, 7) is 0. The summed E-state index contributed by atoms with van der Waals surface area (Å²) >= 11 is -0.454. The Bertz CT molecular complexity index is 533. The van der Waals surface area contributed by atoms with Crippen LogP contribution in [0.5, 0.6) is 0 Å². The lowest BCUT2D eigenvalue weighted by Gasteiger charge is -2.14. The van der Waals surface area contributed by atoms with Gasteiger partial charge < -0.3 is 0 Å². The third kappa shape index (κ3) is 1.34. The van der Waals surface area contributed by atoms with Gasteiger partial charge in [-0.05, 0) is 24.3 Å². The van der Waals surface area contributed by atoms with Crippen molar-refractivity contribution in [1.29, 1.82) is 0 Å². The SMILES string of the molecule is N[S+]1c2ccccc2S(=O)c2ccccc21. The summed E-state index contributed by atoms with van der Waals surface area (Å²) in [4.78, 5) is 3.71. The van der Waals surface area contributed by atoms with Crippen molar-refractivity contribution in [3.8, 4) is 0 Å². The number of hydrogen-bond acceptors (Lipinski definition) is 2. The summed E-state index contributed by atoms with van der Waals surface area (Å²) in [5, 5.41) is 6.21.